The number of sulfone groups is 1. The van der Waals surface area contributed by atoms with Crippen LogP contribution in [0.5, 0.6) is 6.01 Å². The van der Waals surface area contributed by atoms with Gasteiger partial charge in [0.05, 0.1) is 12.9 Å². The molecule has 0 amide bonds. The number of nitrogens with one attached hydrogen (secondary N) is 1. The molecule has 18 heavy (non-hydrogen) atoms. The van der Waals surface area contributed by atoms with Gasteiger partial charge in [-0.25, -0.2) is 14.3 Å². The van der Waals surface area contributed by atoms with Gasteiger partial charge in [0.15, 0.2) is 0 Å². The van der Waals surface area contributed by atoms with Crippen LogP contribution in [-0.2, 0) is 9.84 Å². The zero-order chi connectivity index (χ0) is 13.8. The Hall–Kier alpha value is -1.68. The Morgan fingerprint density at radius 2 is 2.06 bits per heavy atom. The maximum atomic E-state index is 11.1. The van der Waals surface area contributed by atoms with Gasteiger partial charge in [0, 0.05) is 19.8 Å². The smallest absolute Gasteiger partial charge is 0.322 e. The molecule has 0 saturated carbocycles. The predicted molar refractivity (Wildman–Crippen MR) is 67.2 cm³/mol. The van der Waals surface area contributed by atoms with Crippen molar-refractivity contribution in [3.63, 3.8) is 0 Å². The molecule has 1 heterocycles. The molecule has 0 radical (unpaired) electrons. The Morgan fingerprint density at radius 3 is 2.56 bits per heavy atom. The second kappa shape index (κ2) is 5.78. The highest BCUT2D eigenvalue weighted by molar-refractivity contribution is 7.90. The van der Waals surface area contributed by atoms with Gasteiger partial charge in [-0.2, -0.15) is 15.0 Å². The van der Waals surface area contributed by atoms with E-state index >= 15 is 0 Å². The zero-order valence-electron chi connectivity index (χ0n) is 10.4. The summed E-state index contributed by atoms with van der Waals surface area (Å²) in [6, 6.07) is 0.0964. The topological polar surface area (TPSA) is 123 Å². The van der Waals surface area contributed by atoms with E-state index in [1.54, 1.807) is 11.9 Å². The second-order valence-electron chi connectivity index (χ2n) is 3.64. The van der Waals surface area contributed by atoms with E-state index in [2.05, 4.69) is 20.4 Å². The summed E-state index contributed by atoms with van der Waals surface area (Å²) in [5.74, 6) is 5.63. The van der Waals surface area contributed by atoms with E-state index in [9.17, 15) is 8.42 Å². The molecule has 0 aliphatic heterocycles. The van der Waals surface area contributed by atoms with Crippen molar-refractivity contribution in [3.8, 4) is 6.01 Å². The average Bonchev–Trinajstić information content (AvgIpc) is 2.34. The van der Waals surface area contributed by atoms with Crippen LogP contribution < -0.4 is 20.9 Å². The highest BCUT2D eigenvalue weighted by Crippen LogP contribution is 2.12. The third-order valence-corrected chi connectivity index (χ3v) is 2.98. The predicted octanol–water partition coefficient (Wildman–Crippen LogP) is -1.35. The van der Waals surface area contributed by atoms with Crippen LogP contribution in [0, 0.1) is 0 Å². The lowest BCUT2D eigenvalue weighted by Crippen LogP contribution is -2.27. The highest BCUT2D eigenvalue weighted by atomic mass is 32.2. The molecule has 10 heteroatoms. The fourth-order valence-corrected chi connectivity index (χ4v) is 1.68. The number of hydrazine groups is 1. The standard InChI is InChI=1S/C8H16N6O3S/c1-14(4-5-18(3,15)16)7-10-6(13-9)11-8(12-7)17-2/h4-5,9H2,1-3H3,(H,10,11,12,13). The summed E-state index contributed by atoms with van der Waals surface area (Å²) < 4.78 is 27.0. The number of hydrogen-bond acceptors (Lipinski definition) is 9. The molecule has 0 spiro atoms. The molecule has 0 aliphatic rings. The highest BCUT2D eigenvalue weighted by Gasteiger charge is 2.12. The molecule has 0 fully saturated rings. The molecular weight excluding hydrogens is 260 g/mol. The zero-order valence-corrected chi connectivity index (χ0v) is 11.2. The first-order valence-corrected chi connectivity index (χ1v) is 7.07. The third-order valence-electron chi connectivity index (χ3n) is 2.05. The fraction of sp³-hybridized carbons (Fsp3) is 0.625. The van der Waals surface area contributed by atoms with Crippen molar-refractivity contribution in [2.24, 2.45) is 5.84 Å². The van der Waals surface area contributed by atoms with E-state index in [0.717, 1.165) is 0 Å². The fourth-order valence-electron chi connectivity index (χ4n) is 1.08. The number of hydrogen-bond donors (Lipinski definition) is 2. The van der Waals surface area contributed by atoms with Crippen LogP contribution in [0.3, 0.4) is 0 Å². The molecule has 0 saturated heterocycles. The van der Waals surface area contributed by atoms with Crippen molar-refractivity contribution in [3.05, 3.63) is 0 Å². The molecule has 0 bridgehead atoms. The monoisotopic (exact) mass is 276 g/mol. The normalized spacial score (nSPS) is 11.1. The van der Waals surface area contributed by atoms with Crippen LogP contribution in [0.15, 0.2) is 0 Å². The molecule has 1 aromatic heterocycles. The lowest BCUT2D eigenvalue weighted by molar-refractivity contribution is 0.379. The minimum absolute atomic E-state index is 0.00286. The van der Waals surface area contributed by atoms with Gasteiger partial charge < -0.3 is 9.64 Å². The van der Waals surface area contributed by atoms with E-state index in [0.29, 0.717) is 0 Å². The van der Waals surface area contributed by atoms with Crippen LogP contribution in [0.2, 0.25) is 0 Å². The molecule has 9 nitrogen and oxygen atoms in total. The molecule has 0 atom stereocenters. The van der Waals surface area contributed by atoms with Gasteiger partial charge >= 0.3 is 6.01 Å². The summed E-state index contributed by atoms with van der Waals surface area (Å²) >= 11 is 0. The van der Waals surface area contributed by atoms with Crippen molar-refractivity contribution < 1.29 is 13.2 Å². The summed E-state index contributed by atoms with van der Waals surface area (Å²) in [6.07, 6.45) is 1.17. The Kier molecular flexibility index (Phi) is 4.62. The largest absolute Gasteiger partial charge is 0.467 e. The summed E-state index contributed by atoms with van der Waals surface area (Å²) in [7, 11) is 0.0366. The molecule has 0 aromatic carbocycles. The van der Waals surface area contributed by atoms with Crippen molar-refractivity contribution in [1.29, 1.82) is 0 Å². The Bertz CT molecular complexity index is 483. The second-order valence-corrected chi connectivity index (χ2v) is 5.90. The van der Waals surface area contributed by atoms with E-state index in [-0.39, 0.29) is 30.2 Å². The van der Waals surface area contributed by atoms with Gasteiger partial charge in [-0.3, -0.25) is 5.43 Å². The van der Waals surface area contributed by atoms with Gasteiger partial charge in [-0.05, 0) is 0 Å². The van der Waals surface area contributed by atoms with Crippen LogP contribution in [-0.4, -0.2) is 56.1 Å². The number of ether oxygens (including phenoxy) is 1. The van der Waals surface area contributed by atoms with E-state index in [1.165, 1.54) is 13.4 Å². The van der Waals surface area contributed by atoms with Crippen LogP contribution in [0.25, 0.3) is 0 Å². The van der Waals surface area contributed by atoms with E-state index in [4.69, 9.17) is 10.6 Å². The molecule has 1 rings (SSSR count). The number of anilines is 2. The van der Waals surface area contributed by atoms with Crippen molar-refractivity contribution in [2.75, 3.05) is 43.0 Å². The molecule has 3 N–H and O–H groups in total. The summed E-state index contributed by atoms with van der Waals surface area (Å²) in [4.78, 5) is 13.4. The lowest BCUT2D eigenvalue weighted by Gasteiger charge is -2.17. The summed E-state index contributed by atoms with van der Waals surface area (Å²) in [5.41, 5.74) is 2.28. The Balaban J connectivity index is 2.87. The van der Waals surface area contributed by atoms with E-state index in [1.807, 2.05) is 0 Å². The van der Waals surface area contributed by atoms with Gasteiger partial charge in [-0.1, -0.05) is 0 Å². The maximum Gasteiger partial charge on any atom is 0.322 e. The number of nitrogen functional groups attached to an aromatic ring is 1. The van der Waals surface area contributed by atoms with E-state index < -0.39 is 9.84 Å². The molecular formula is C8H16N6O3S. The number of nitrogens with two attached hydrogens (primary N) is 1. The summed E-state index contributed by atoms with van der Waals surface area (Å²) in [6.45, 7) is 0.260. The van der Waals surface area contributed by atoms with Gasteiger partial charge in [0.1, 0.15) is 9.84 Å². The Morgan fingerprint density at radius 1 is 1.39 bits per heavy atom. The van der Waals surface area contributed by atoms with Gasteiger partial charge in [0.25, 0.3) is 0 Å². The minimum atomic E-state index is -3.04. The first-order valence-electron chi connectivity index (χ1n) is 5.01. The quantitative estimate of drug-likeness (QED) is 0.479. The number of nitrogens with zero attached hydrogens (tertiary/aromatic N) is 4. The van der Waals surface area contributed by atoms with Crippen molar-refractivity contribution in [2.45, 2.75) is 0 Å². The van der Waals surface area contributed by atoms with Crippen LogP contribution >= 0.6 is 0 Å². The Labute approximate surface area is 105 Å². The van der Waals surface area contributed by atoms with Crippen LogP contribution in [0.4, 0.5) is 11.9 Å². The van der Waals surface area contributed by atoms with Crippen LogP contribution in [0.1, 0.15) is 0 Å². The van der Waals surface area contributed by atoms with Gasteiger partial charge in [0.2, 0.25) is 11.9 Å². The minimum Gasteiger partial charge on any atom is -0.467 e. The molecule has 0 aliphatic carbocycles. The first-order chi connectivity index (χ1) is 8.35. The van der Waals surface area contributed by atoms with Gasteiger partial charge in [-0.15, -0.1) is 0 Å². The number of aromatic nitrogens is 3. The lowest BCUT2D eigenvalue weighted by atomic mass is 10.6. The maximum absolute atomic E-state index is 11.1. The average molecular weight is 276 g/mol. The molecule has 102 valence electrons. The molecule has 1 aromatic rings. The molecule has 0 unspecified atom stereocenters. The first kappa shape index (κ1) is 14.4. The SMILES string of the molecule is COc1nc(NN)nc(N(C)CCS(C)(=O)=O)n1. The number of methoxy groups -OCH3 is 1. The van der Waals surface area contributed by atoms with Crippen molar-refractivity contribution in [1.82, 2.24) is 15.0 Å². The number of rotatable bonds is 6. The third kappa shape index (κ3) is 4.30. The summed E-state index contributed by atoms with van der Waals surface area (Å²) in [5, 5.41) is 0. The van der Waals surface area contributed by atoms with Crippen molar-refractivity contribution >= 4 is 21.7 Å².